The molecule has 0 aromatic heterocycles. The molecule has 18 N–H and O–H groups in total. The fourth-order valence-corrected chi connectivity index (χ4v) is 11.5. The first-order valence-electron chi connectivity index (χ1n) is 35.1. The second-order valence-corrected chi connectivity index (χ2v) is 27.7. The predicted molar refractivity (Wildman–Crippen MR) is 377 cm³/mol. The fourth-order valence-electron chi connectivity index (χ4n) is 10.8. The number of fused-ring (bicyclic) bond motifs is 3. The molecule has 103 heavy (non-hydrogen) atoms. The molecule has 0 spiro atoms. The lowest BCUT2D eigenvalue weighted by molar-refractivity contribution is -0.123. The molecule has 0 radical (unpaired) electrons. The van der Waals surface area contributed by atoms with Gasteiger partial charge < -0.3 is 149 Å². The van der Waals surface area contributed by atoms with E-state index in [0.717, 1.165) is 31.2 Å². The van der Waals surface area contributed by atoms with E-state index in [4.69, 9.17) is 56.8 Å². The van der Waals surface area contributed by atoms with Crippen LogP contribution in [0.2, 0.25) is 0 Å². The molecule has 2 aromatic carbocycles. The molecule has 3 rings (SSSR count). The first-order valence-corrected chi connectivity index (χ1v) is 36.7. The van der Waals surface area contributed by atoms with Gasteiger partial charge in [0.2, 0.25) is 11.8 Å². The number of hydrogen-bond acceptors (Lipinski definition) is 30. The molecule has 32 nitrogen and oxygen atoms in total. The Kier molecular flexibility index (Phi) is 52.6. The number of carbonyl (C=O) groups is 2. The van der Waals surface area contributed by atoms with E-state index in [0.29, 0.717) is 0 Å². The molecule has 2 amide bonds. The fraction of sp³-hybridized carbons (Fsp3) is 0.797. The van der Waals surface area contributed by atoms with E-state index in [1.807, 2.05) is 36.4 Å². The normalized spacial score (nSPS) is 16.9. The summed E-state index contributed by atoms with van der Waals surface area (Å²) in [6, 6.07) is 10.0. The number of amides is 2. The van der Waals surface area contributed by atoms with Crippen molar-refractivity contribution >= 4 is 43.7 Å². The number of aliphatic hydroxyl groups excluding tert-OH is 16. The Morgan fingerprint density at radius 1 is 0.320 bits per heavy atom. The monoisotopic (exact) mass is 1610 g/mol. The van der Waals surface area contributed by atoms with Crippen LogP contribution in [0.3, 0.4) is 0 Å². The van der Waals surface area contributed by atoms with Gasteiger partial charge in [0.15, 0.2) is 0 Å². The summed E-state index contributed by atoms with van der Waals surface area (Å²) in [4.78, 5) is 29.6. The maximum absolute atomic E-state index is 14.8. The van der Waals surface area contributed by atoms with Crippen LogP contribution in [0.4, 0.5) is 0 Å². The molecule has 0 fully saturated rings. The van der Waals surface area contributed by atoms with Crippen molar-refractivity contribution in [3.8, 4) is 11.1 Å². The highest BCUT2D eigenvalue weighted by Gasteiger charge is 2.44. The summed E-state index contributed by atoms with van der Waals surface area (Å²) in [7, 11) is 0. The highest BCUT2D eigenvalue weighted by atomic mass is 79.9. The van der Waals surface area contributed by atoms with Crippen LogP contribution >= 0.6 is 31.9 Å². The van der Waals surface area contributed by atoms with Crippen molar-refractivity contribution in [3.63, 3.8) is 0 Å². The molecule has 0 saturated heterocycles. The van der Waals surface area contributed by atoms with Gasteiger partial charge in [0.1, 0.15) is 24.4 Å². The van der Waals surface area contributed by atoms with Gasteiger partial charge >= 0.3 is 0 Å². The lowest BCUT2D eigenvalue weighted by Gasteiger charge is -2.33. The highest BCUT2D eigenvalue weighted by molar-refractivity contribution is 9.10. The number of ether oxygens (including phenoxy) is 12. The predicted octanol–water partition coefficient (Wildman–Crippen LogP) is -2.94. The first kappa shape index (κ1) is 94.4. The van der Waals surface area contributed by atoms with Gasteiger partial charge in [0.25, 0.3) is 0 Å². The zero-order valence-corrected chi connectivity index (χ0v) is 62.1. The Morgan fingerprint density at radius 3 is 0.748 bits per heavy atom. The van der Waals surface area contributed by atoms with Gasteiger partial charge in [-0.15, -0.1) is 0 Å². The van der Waals surface area contributed by atoms with E-state index >= 15 is 0 Å². The molecule has 12 unspecified atom stereocenters. The Morgan fingerprint density at radius 2 is 0.534 bits per heavy atom. The minimum absolute atomic E-state index is 0.00170. The van der Waals surface area contributed by atoms with Crippen LogP contribution in [0.1, 0.15) is 62.5 Å². The van der Waals surface area contributed by atoms with Crippen LogP contribution in [0, 0.1) is 23.7 Å². The summed E-state index contributed by atoms with van der Waals surface area (Å²) >= 11 is 7.37. The third-order valence-corrected chi connectivity index (χ3v) is 17.3. The van der Waals surface area contributed by atoms with Gasteiger partial charge in [-0.1, -0.05) is 44.0 Å². The Hall–Kier alpha value is -2.78. The maximum atomic E-state index is 14.8. The molecule has 0 aliphatic heterocycles. The van der Waals surface area contributed by atoms with E-state index in [1.165, 1.54) is 0 Å². The summed E-state index contributed by atoms with van der Waals surface area (Å²) in [5.74, 6) is -2.82. The van der Waals surface area contributed by atoms with Crippen molar-refractivity contribution in [1.82, 2.24) is 10.6 Å². The van der Waals surface area contributed by atoms with Gasteiger partial charge in [0.05, 0.1) is 221 Å². The number of rotatable bonds is 68. The van der Waals surface area contributed by atoms with Gasteiger partial charge in [-0.25, -0.2) is 0 Å². The summed E-state index contributed by atoms with van der Waals surface area (Å²) in [5, 5.41) is 162. The average Bonchev–Trinajstić information content (AvgIpc) is 1.57. The van der Waals surface area contributed by atoms with Crippen molar-refractivity contribution in [2.75, 3.05) is 211 Å². The Labute approximate surface area is 620 Å². The zero-order valence-electron chi connectivity index (χ0n) is 59.0. The van der Waals surface area contributed by atoms with E-state index < -0.39 is 128 Å². The van der Waals surface area contributed by atoms with Crippen LogP contribution in [-0.2, 0) is 71.8 Å². The van der Waals surface area contributed by atoms with Crippen LogP contribution in [0.25, 0.3) is 11.1 Å². The molecule has 0 bridgehead atoms. The molecule has 1 aliphatic rings. The molecule has 34 heteroatoms. The molecular weight excluding hydrogens is 1500 g/mol. The van der Waals surface area contributed by atoms with Crippen molar-refractivity contribution in [2.45, 2.75) is 118 Å². The average molecular weight is 1620 g/mol. The third-order valence-electron chi connectivity index (χ3n) is 16.3. The van der Waals surface area contributed by atoms with E-state index in [1.54, 1.807) is 0 Å². The molecule has 0 heterocycles. The number of benzene rings is 2. The van der Waals surface area contributed by atoms with E-state index in [9.17, 15) is 91.3 Å². The second-order valence-electron chi connectivity index (χ2n) is 25.9. The largest absolute Gasteiger partial charge is 0.396 e. The quantitative estimate of drug-likeness (QED) is 0.0315. The van der Waals surface area contributed by atoms with Crippen LogP contribution in [-0.4, -0.2) is 366 Å². The smallest absolute Gasteiger partial charge is 0.220 e. The van der Waals surface area contributed by atoms with Crippen LogP contribution < -0.4 is 10.6 Å². The number of aliphatic hydroxyl groups is 16. The minimum atomic E-state index is -1.15. The number of halogens is 2. The van der Waals surface area contributed by atoms with Gasteiger partial charge in [-0.3, -0.25) is 9.59 Å². The van der Waals surface area contributed by atoms with E-state index in [-0.39, 0.29) is 236 Å². The number of hydrogen-bond donors (Lipinski definition) is 18. The lowest BCUT2D eigenvalue weighted by Crippen LogP contribution is -2.44. The zero-order chi connectivity index (χ0) is 75.6. The molecule has 12 atom stereocenters. The van der Waals surface area contributed by atoms with Gasteiger partial charge in [-0.05, 0) is 85.0 Å². The highest BCUT2D eigenvalue weighted by Crippen LogP contribution is 2.55. The topological polar surface area (TPSA) is 493 Å². The lowest BCUT2D eigenvalue weighted by atomic mass is 9.71. The van der Waals surface area contributed by atoms with Crippen molar-refractivity contribution < 1.29 is 148 Å². The minimum Gasteiger partial charge on any atom is -0.396 e. The molecule has 1 aliphatic carbocycles. The summed E-state index contributed by atoms with van der Waals surface area (Å²) in [6.45, 7) is -4.95. The molecule has 0 saturated carbocycles. The van der Waals surface area contributed by atoms with Crippen LogP contribution in [0.15, 0.2) is 45.3 Å². The SMILES string of the molecule is O=C(CCC1(CCC(=O)NC(COCC(COCC(O)CO)COCC(O)CCO)COCC(COCC(O)CO)COCC(O)CCO)c2cc(Br)ccc2-c2ccc(Br)cc21)NC(COCC(COCC(O)CO)COCC(O)CCO)COCC(COCC(O)CO)COCC(O)CCO. The summed E-state index contributed by atoms with van der Waals surface area (Å²) in [6.07, 6.45) is -7.97. The molecule has 598 valence electrons. The van der Waals surface area contributed by atoms with Crippen molar-refractivity contribution in [1.29, 1.82) is 0 Å². The third kappa shape index (κ3) is 41.0. The van der Waals surface area contributed by atoms with E-state index in [2.05, 4.69) is 42.5 Å². The van der Waals surface area contributed by atoms with Crippen LogP contribution in [0.5, 0.6) is 0 Å². The summed E-state index contributed by atoms with van der Waals surface area (Å²) in [5.41, 5.74) is 2.45. The number of nitrogens with one attached hydrogen (secondary N) is 2. The Bertz CT molecular complexity index is 2220. The van der Waals surface area contributed by atoms with Crippen molar-refractivity contribution in [2.24, 2.45) is 23.7 Å². The summed E-state index contributed by atoms with van der Waals surface area (Å²) < 4.78 is 72.1. The maximum Gasteiger partial charge on any atom is 0.220 e. The van der Waals surface area contributed by atoms with Gasteiger partial charge in [-0.2, -0.15) is 0 Å². The first-order chi connectivity index (χ1) is 49.6. The molecular formula is C69H118Br2N2O30. The van der Waals surface area contributed by atoms with Crippen molar-refractivity contribution in [3.05, 3.63) is 56.5 Å². The molecule has 2 aromatic rings. The second kappa shape index (κ2) is 57.3. The standard InChI is InChI=1S/C69H118Br2N2O30/c70-51-1-3-63-64-4-2-52(71)18-66(64)69(65(63)17-51,11-5-67(90)72-53(35-92-23-47(31-100-43-59(86)19-78)27-96-39-55(82)7-13-74)36-93-24-48(32-101-44-60(87)20-79)28-97-40-56(83)8-14-75)12-6-68(91)73-54(37-94-25-49(33-102-45-61(88)21-80)29-98-41-57(84)9-15-76)38-95-26-50(34-103-46-62(89)22-81)30-99-42-58(85)10-16-77/h1-4,17-18,47-50,53-62,74-89H,5-16,19-46H2,(H,72,90)(H,73,91). The Balaban J connectivity index is 2.02. The van der Waals surface area contributed by atoms with Gasteiger partial charge in [0, 0.05) is 77.3 Å². The number of carbonyl (C=O) groups excluding carboxylic acids is 2.